The third-order valence-electron chi connectivity index (χ3n) is 4.41. The molecule has 3 aromatic rings. The molecule has 0 aliphatic heterocycles. The van der Waals surface area contributed by atoms with Gasteiger partial charge in [0.2, 0.25) is 0 Å². The van der Waals surface area contributed by atoms with Gasteiger partial charge in [0.25, 0.3) is 10.1 Å². The molecular formula is C22H18ClNO5S. The fourth-order valence-electron chi connectivity index (χ4n) is 2.89. The van der Waals surface area contributed by atoms with Crippen LogP contribution in [0.3, 0.4) is 0 Å². The number of benzene rings is 3. The van der Waals surface area contributed by atoms with Gasteiger partial charge in [0.15, 0.2) is 0 Å². The van der Waals surface area contributed by atoms with Gasteiger partial charge in [0, 0.05) is 18.1 Å². The van der Waals surface area contributed by atoms with Crippen LogP contribution in [0.15, 0.2) is 65.6 Å². The van der Waals surface area contributed by atoms with Crippen LogP contribution < -0.4 is 9.47 Å². The fraction of sp³-hybridized carbons (Fsp3) is 0.136. The molecule has 0 saturated carbocycles. The molecule has 0 spiro atoms. The highest BCUT2D eigenvalue weighted by Gasteiger charge is 2.18. The van der Waals surface area contributed by atoms with Gasteiger partial charge in [-0.25, -0.2) is 0 Å². The summed E-state index contributed by atoms with van der Waals surface area (Å²) in [6.07, 6.45) is 0.636. The predicted octanol–water partition coefficient (Wildman–Crippen LogP) is 4.76. The number of hydrogen-bond donors (Lipinski definition) is 1. The van der Waals surface area contributed by atoms with Gasteiger partial charge in [-0.05, 0) is 41.5 Å². The van der Waals surface area contributed by atoms with Crippen molar-refractivity contribution in [2.45, 2.75) is 11.3 Å². The monoisotopic (exact) mass is 443 g/mol. The molecule has 8 heteroatoms. The van der Waals surface area contributed by atoms with E-state index in [4.69, 9.17) is 26.3 Å². The quantitative estimate of drug-likeness (QED) is 0.529. The van der Waals surface area contributed by atoms with Crippen LogP contribution in [-0.4, -0.2) is 26.7 Å². The minimum Gasteiger partial charge on any atom is -0.497 e. The van der Waals surface area contributed by atoms with Crippen LogP contribution in [0.1, 0.15) is 11.1 Å². The van der Waals surface area contributed by atoms with Crippen LogP contribution in [0.25, 0.3) is 11.1 Å². The van der Waals surface area contributed by atoms with Crippen molar-refractivity contribution in [1.82, 2.24) is 0 Å². The van der Waals surface area contributed by atoms with Crippen molar-refractivity contribution in [2.24, 2.45) is 0 Å². The Morgan fingerprint density at radius 2 is 1.77 bits per heavy atom. The lowest BCUT2D eigenvalue weighted by molar-refractivity contribution is 0.319. The lowest BCUT2D eigenvalue weighted by Crippen LogP contribution is -2.02. The molecular weight excluding hydrogens is 426 g/mol. The van der Waals surface area contributed by atoms with Crippen LogP contribution in [0.4, 0.5) is 0 Å². The Bertz CT molecular complexity index is 1200. The van der Waals surface area contributed by atoms with E-state index in [2.05, 4.69) is 6.07 Å². The first-order chi connectivity index (χ1) is 14.3. The number of ether oxygens (including phenoxy) is 2. The van der Waals surface area contributed by atoms with E-state index >= 15 is 0 Å². The Labute approximate surface area is 180 Å². The van der Waals surface area contributed by atoms with Crippen LogP contribution in [0.2, 0.25) is 5.02 Å². The largest absolute Gasteiger partial charge is 0.497 e. The molecule has 0 radical (unpaired) electrons. The predicted molar refractivity (Wildman–Crippen MR) is 114 cm³/mol. The highest BCUT2D eigenvalue weighted by atomic mass is 35.5. The van der Waals surface area contributed by atoms with Crippen molar-refractivity contribution in [3.63, 3.8) is 0 Å². The average molecular weight is 444 g/mol. The van der Waals surface area contributed by atoms with E-state index in [1.165, 1.54) is 19.2 Å². The van der Waals surface area contributed by atoms with E-state index in [1.54, 1.807) is 36.4 Å². The van der Waals surface area contributed by atoms with Crippen LogP contribution >= 0.6 is 11.6 Å². The van der Waals surface area contributed by atoms with Gasteiger partial charge >= 0.3 is 0 Å². The number of halogens is 1. The van der Waals surface area contributed by atoms with E-state index < -0.39 is 10.1 Å². The molecule has 30 heavy (non-hydrogen) atoms. The molecule has 3 rings (SSSR count). The Balaban J connectivity index is 1.85. The first kappa shape index (κ1) is 21.7. The second-order valence-electron chi connectivity index (χ2n) is 6.40. The van der Waals surface area contributed by atoms with Crippen molar-refractivity contribution in [3.8, 4) is 28.7 Å². The summed E-state index contributed by atoms with van der Waals surface area (Å²) in [5, 5.41) is 8.77. The zero-order valence-corrected chi connectivity index (χ0v) is 17.6. The normalized spacial score (nSPS) is 11.0. The summed E-state index contributed by atoms with van der Waals surface area (Å²) in [7, 11) is -2.94. The summed E-state index contributed by atoms with van der Waals surface area (Å²) in [6, 6.07) is 18.8. The van der Waals surface area contributed by atoms with Crippen LogP contribution in [0, 0.1) is 11.3 Å². The van der Waals surface area contributed by atoms with E-state index in [1.807, 2.05) is 12.1 Å². The third kappa shape index (κ3) is 5.10. The molecule has 6 nitrogen and oxygen atoms in total. The highest BCUT2D eigenvalue weighted by molar-refractivity contribution is 7.86. The van der Waals surface area contributed by atoms with Gasteiger partial charge in [-0.2, -0.15) is 13.7 Å². The zero-order valence-electron chi connectivity index (χ0n) is 16.0. The molecule has 0 atom stereocenters. The van der Waals surface area contributed by atoms with E-state index in [-0.39, 0.29) is 9.92 Å². The van der Waals surface area contributed by atoms with Gasteiger partial charge < -0.3 is 9.47 Å². The Hall–Kier alpha value is -3.05. The molecule has 0 aliphatic rings. The Morgan fingerprint density at radius 1 is 1.07 bits per heavy atom. The Kier molecular flexibility index (Phi) is 6.63. The first-order valence-electron chi connectivity index (χ1n) is 8.89. The summed E-state index contributed by atoms with van der Waals surface area (Å²) in [4.78, 5) is -0.368. The average Bonchev–Trinajstić information content (AvgIpc) is 2.73. The molecule has 0 saturated heterocycles. The number of rotatable bonds is 7. The molecule has 0 aromatic heterocycles. The minimum atomic E-state index is -4.45. The van der Waals surface area contributed by atoms with Crippen molar-refractivity contribution in [2.75, 3.05) is 13.7 Å². The molecule has 0 aliphatic carbocycles. The minimum absolute atomic E-state index is 0.0863. The molecule has 0 fully saturated rings. The number of nitriles is 1. The standard InChI is InChI=1S/C22H18ClNO5S/c1-28-18-11-17(20-3-2-4-21(22(20)23)30(25,26)27)12-19(13-18)29-10-9-15-5-7-16(14-24)8-6-15/h2-8,11-13H,9-10H2,1H3,(H,25,26,27). The molecule has 0 amide bonds. The van der Waals surface area contributed by atoms with Crippen molar-refractivity contribution in [3.05, 3.63) is 76.8 Å². The summed E-state index contributed by atoms with van der Waals surface area (Å²) < 4.78 is 43.6. The fourth-order valence-corrected chi connectivity index (χ4v) is 4.01. The van der Waals surface area contributed by atoms with Gasteiger partial charge in [-0.15, -0.1) is 0 Å². The maximum Gasteiger partial charge on any atom is 0.296 e. The van der Waals surface area contributed by atoms with Crippen molar-refractivity contribution < 1.29 is 22.4 Å². The first-order valence-corrected chi connectivity index (χ1v) is 10.7. The summed E-state index contributed by atoms with van der Waals surface area (Å²) >= 11 is 6.24. The maximum absolute atomic E-state index is 11.5. The van der Waals surface area contributed by atoms with E-state index in [0.29, 0.717) is 41.2 Å². The van der Waals surface area contributed by atoms with Gasteiger partial charge in [0.05, 0.1) is 30.4 Å². The lowest BCUT2D eigenvalue weighted by atomic mass is 10.0. The van der Waals surface area contributed by atoms with Crippen LogP contribution in [0.5, 0.6) is 11.5 Å². The smallest absolute Gasteiger partial charge is 0.296 e. The summed E-state index contributed by atoms with van der Waals surface area (Å²) in [6.45, 7) is 0.386. The van der Waals surface area contributed by atoms with Gasteiger partial charge in [-0.3, -0.25) is 4.55 Å². The van der Waals surface area contributed by atoms with Crippen molar-refractivity contribution in [1.29, 1.82) is 5.26 Å². The van der Waals surface area contributed by atoms with E-state index in [9.17, 15) is 13.0 Å². The summed E-state index contributed by atoms with van der Waals surface area (Å²) in [5.41, 5.74) is 2.63. The van der Waals surface area contributed by atoms with Gasteiger partial charge in [-0.1, -0.05) is 35.9 Å². The number of hydrogen-bond acceptors (Lipinski definition) is 5. The molecule has 3 aromatic carbocycles. The van der Waals surface area contributed by atoms with Crippen LogP contribution in [-0.2, 0) is 16.5 Å². The zero-order chi connectivity index (χ0) is 21.7. The van der Waals surface area contributed by atoms with Crippen molar-refractivity contribution >= 4 is 21.7 Å². The van der Waals surface area contributed by atoms with E-state index in [0.717, 1.165) is 5.56 Å². The Morgan fingerprint density at radius 3 is 2.40 bits per heavy atom. The molecule has 1 N–H and O–H groups in total. The molecule has 0 heterocycles. The highest BCUT2D eigenvalue weighted by Crippen LogP contribution is 2.36. The van der Waals surface area contributed by atoms with Gasteiger partial charge in [0.1, 0.15) is 16.4 Å². The molecule has 0 bridgehead atoms. The molecule has 154 valence electrons. The molecule has 0 unspecified atom stereocenters. The topological polar surface area (TPSA) is 96.6 Å². The second kappa shape index (κ2) is 9.18. The second-order valence-corrected chi connectivity index (χ2v) is 8.17. The number of methoxy groups -OCH3 is 1. The third-order valence-corrected chi connectivity index (χ3v) is 5.83. The number of nitrogens with zero attached hydrogens (tertiary/aromatic N) is 1. The lowest BCUT2D eigenvalue weighted by Gasteiger charge is -2.13. The summed E-state index contributed by atoms with van der Waals surface area (Å²) in [5.74, 6) is 1.03. The SMILES string of the molecule is COc1cc(OCCc2ccc(C#N)cc2)cc(-c2cccc(S(=O)(=O)O)c2Cl)c1. The maximum atomic E-state index is 11.5.